The van der Waals surface area contributed by atoms with Gasteiger partial charge in [-0.15, -0.1) is 0 Å². The monoisotopic (exact) mass is 728 g/mol. The van der Waals surface area contributed by atoms with Crippen LogP contribution in [0.25, 0.3) is 21.8 Å². The van der Waals surface area contributed by atoms with Crippen LogP contribution < -0.4 is 35.1 Å². The molecular formula is C36H36N6O7S2. The predicted octanol–water partition coefficient (Wildman–Crippen LogP) is 4.94. The van der Waals surface area contributed by atoms with Gasteiger partial charge in [0.25, 0.3) is 0 Å². The van der Waals surface area contributed by atoms with E-state index in [1.807, 2.05) is 42.5 Å². The second-order valence-corrected chi connectivity index (χ2v) is 14.7. The molecule has 15 heteroatoms. The first-order valence-corrected chi connectivity index (χ1v) is 18.8. The highest BCUT2D eigenvalue weighted by Crippen LogP contribution is 2.37. The van der Waals surface area contributed by atoms with Crippen LogP contribution in [0.15, 0.2) is 107 Å². The van der Waals surface area contributed by atoms with E-state index in [9.17, 15) is 16.8 Å². The Balaban J connectivity index is 1.17. The Morgan fingerprint density at radius 3 is 1.88 bits per heavy atom. The molecule has 0 atom stereocenters. The largest absolute Gasteiger partial charge is 0.497 e. The topological polar surface area (TPSA) is 198 Å². The Labute approximate surface area is 295 Å². The fourth-order valence-corrected chi connectivity index (χ4v) is 6.59. The minimum Gasteiger partial charge on any atom is -0.497 e. The molecule has 51 heavy (non-hydrogen) atoms. The van der Waals surface area contributed by atoms with Gasteiger partial charge in [-0.25, -0.2) is 27.1 Å². The van der Waals surface area contributed by atoms with Gasteiger partial charge in [0.1, 0.15) is 11.3 Å². The maximum absolute atomic E-state index is 11.6. The van der Waals surface area contributed by atoms with Crippen molar-refractivity contribution in [2.24, 2.45) is 10.3 Å². The van der Waals surface area contributed by atoms with E-state index >= 15 is 0 Å². The first kappa shape index (κ1) is 35.3. The van der Waals surface area contributed by atoms with Crippen LogP contribution in [0.1, 0.15) is 16.8 Å². The number of hydrogen-bond acceptors (Lipinski definition) is 11. The smallest absolute Gasteiger partial charge is 0.238 e. The van der Waals surface area contributed by atoms with E-state index < -0.39 is 20.0 Å². The summed E-state index contributed by atoms with van der Waals surface area (Å²) in [4.78, 5) is 9.54. The Hall–Kier alpha value is -5.48. The summed E-state index contributed by atoms with van der Waals surface area (Å²) in [7, 11) is -4.37. The molecule has 6 aromatic rings. The molecule has 0 bridgehead atoms. The van der Waals surface area contributed by atoms with Crippen molar-refractivity contribution in [2.75, 3.05) is 31.5 Å². The van der Waals surface area contributed by atoms with Gasteiger partial charge in [0.2, 0.25) is 20.0 Å². The lowest BCUT2D eigenvalue weighted by Gasteiger charge is -2.16. The van der Waals surface area contributed by atoms with Crippen molar-refractivity contribution in [2.45, 2.75) is 29.3 Å². The number of rotatable bonds is 14. The molecule has 6 N–H and O–H groups in total. The highest BCUT2D eigenvalue weighted by atomic mass is 32.2. The highest BCUT2D eigenvalue weighted by molar-refractivity contribution is 7.89. The number of ether oxygens (including phenoxy) is 3. The number of nitrogens with zero attached hydrogens (tertiary/aromatic N) is 2. The number of primary sulfonamides is 2. The summed E-state index contributed by atoms with van der Waals surface area (Å²) in [5.74, 6) is 1.69. The number of fused-ring (bicyclic) bond motifs is 2. The lowest BCUT2D eigenvalue weighted by atomic mass is 10.1. The molecule has 0 radical (unpaired) electrons. The summed E-state index contributed by atoms with van der Waals surface area (Å²) in [6.07, 6.45) is 2.16. The average molecular weight is 729 g/mol. The minimum absolute atomic E-state index is 0.0543. The van der Waals surface area contributed by atoms with Gasteiger partial charge < -0.3 is 24.8 Å². The predicted molar refractivity (Wildman–Crippen MR) is 196 cm³/mol. The van der Waals surface area contributed by atoms with Gasteiger partial charge in [-0.3, -0.25) is 9.97 Å². The first-order valence-electron chi connectivity index (χ1n) is 15.7. The van der Waals surface area contributed by atoms with Gasteiger partial charge >= 0.3 is 0 Å². The van der Waals surface area contributed by atoms with Crippen molar-refractivity contribution in [1.82, 2.24) is 9.97 Å². The van der Waals surface area contributed by atoms with Gasteiger partial charge in [0.05, 0.1) is 36.1 Å². The number of methoxy groups -OCH3 is 2. The normalized spacial score (nSPS) is 11.8. The molecule has 0 unspecified atom stereocenters. The maximum Gasteiger partial charge on any atom is 0.238 e. The second-order valence-electron chi connectivity index (χ2n) is 11.6. The van der Waals surface area contributed by atoms with Crippen LogP contribution in [0.5, 0.6) is 17.2 Å². The van der Waals surface area contributed by atoms with Crippen LogP contribution in [0.4, 0.5) is 11.4 Å². The summed E-state index contributed by atoms with van der Waals surface area (Å²) in [5.41, 5.74) is 5.55. The fourth-order valence-electron chi connectivity index (χ4n) is 5.56. The standard InChI is InChI=1S/C36H36N6O7S2/c1-47-26-7-12-29-32(41-22-24-5-10-28(11-6-24)51(38,45)46)19-25(42-33(29)20-26)16-18-49-34-14-13-30-31(15-17-39-35(30)36(34)48-2)40-21-23-3-8-27(9-4-23)50(37,43)44/h3-15,17,19-20H,16,18,21-22H2,1-2H3,(H,39,40)(H,41,42)(H2,37,43,44)(H2,38,45,46). The molecule has 4 aromatic carbocycles. The van der Waals surface area contributed by atoms with E-state index in [4.69, 9.17) is 29.5 Å². The van der Waals surface area contributed by atoms with E-state index in [1.165, 1.54) is 24.3 Å². The fraction of sp³-hybridized carbons (Fsp3) is 0.167. The van der Waals surface area contributed by atoms with Crippen LogP contribution in [-0.2, 0) is 39.6 Å². The molecule has 2 heterocycles. The molecular weight excluding hydrogens is 693 g/mol. The molecule has 2 aromatic heterocycles. The molecule has 6 rings (SSSR count). The van der Waals surface area contributed by atoms with Crippen LogP contribution in [-0.4, -0.2) is 47.6 Å². The molecule has 13 nitrogen and oxygen atoms in total. The number of nitrogens with two attached hydrogens (primary N) is 2. The zero-order valence-corrected chi connectivity index (χ0v) is 29.4. The van der Waals surface area contributed by atoms with E-state index in [-0.39, 0.29) is 9.79 Å². The molecule has 0 fully saturated rings. The van der Waals surface area contributed by atoms with Crippen molar-refractivity contribution >= 4 is 53.2 Å². The summed E-state index contributed by atoms with van der Waals surface area (Å²) < 4.78 is 63.9. The molecule has 0 saturated carbocycles. The van der Waals surface area contributed by atoms with Gasteiger partial charge in [-0.1, -0.05) is 24.3 Å². The minimum atomic E-state index is -3.77. The van der Waals surface area contributed by atoms with Crippen LogP contribution in [0, 0.1) is 0 Å². The lowest BCUT2D eigenvalue weighted by Crippen LogP contribution is -2.12. The maximum atomic E-state index is 11.6. The molecule has 0 aliphatic carbocycles. The molecule has 264 valence electrons. The Morgan fingerprint density at radius 1 is 0.686 bits per heavy atom. The van der Waals surface area contributed by atoms with E-state index in [0.717, 1.165) is 44.5 Å². The average Bonchev–Trinajstić information content (AvgIpc) is 3.12. The molecule has 0 saturated heterocycles. The number of nitrogens with one attached hydrogen (secondary N) is 2. The third-order valence-corrected chi connectivity index (χ3v) is 10.0. The Kier molecular flexibility index (Phi) is 10.2. The van der Waals surface area contributed by atoms with Crippen LogP contribution in [0.2, 0.25) is 0 Å². The first-order chi connectivity index (χ1) is 24.4. The van der Waals surface area contributed by atoms with Crippen molar-refractivity contribution in [3.05, 3.63) is 114 Å². The van der Waals surface area contributed by atoms with Crippen LogP contribution >= 0.6 is 0 Å². The van der Waals surface area contributed by atoms with E-state index in [1.54, 1.807) is 44.7 Å². The summed E-state index contributed by atoms with van der Waals surface area (Å²) in [6.45, 7) is 1.18. The Bertz CT molecular complexity index is 2420. The quantitative estimate of drug-likeness (QED) is 0.119. The number of aromatic nitrogens is 2. The summed E-state index contributed by atoms with van der Waals surface area (Å²) in [6, 6.07) is 26.0. The number of benzene rings is 4. The zero-order chi connectivity index (χ0) is 36.2. The van der Waals surface area contributed by atoms with Crippen molar-refractivity contribution in [1.29, 1.82) is 0 Å². The van der Waals surface area contributed by atoms with Crippen molar-refractivity contribution in [3.63, 3.8) is 0 Å². The number of pyridine rings is 2. The molecule has 0 aliphatic heterocycles. The van der Waals surface area contributed by atoms with E-state index in [0.29, 0.717) is 48.9 Å². The van der Waals surface area contributed by atoms with Crippen molar-refractivity contribution in [3.8, 4) is 17.2 Å². The summed E-state index contributed by atoms with van der Waals surface area (Å²) in [5, 5.41) is 19.0. The van der Waals surface area contributed by atoms with Gasteiger partial charge in [-0.2, -0.15) is 0 Å². The van der Waals surface area contributed by atoms with Gasteiger partial charge in [-0.05, 0) is 71.8 Å². The number of anilines is 2. The second kappa shape index (κ2) is 14.8. The highest BCUT2D eigenvalue weighted by Gasteiger charge is 2.15. The lowest BCUT2D eigenvalue weighted by molar-refractivity contribution is 0.298. The number of sulfonamides is 2. The zero-order valence-electron chi connectivity index (χ0n) is 27.8. The SMILES string of the molecule is COc1ccc2c(NCc3ccc(S(N)(=O)=O)cc3)cc(CCOc3ccc4c(NCc5ccc(S(N)(=O)=O)cc5)ccnc4c3OC)nc2c1. The molecule has 0 amide bonds. The van der Waals surface area contributed by atoms with Crippen molar-refractivity contribution < 1.29 is 31.0 Å². The summed E-state index contributed by atoms with van der Waals surface area (Å²) >= 11 is 0. The van der Waals surface area contributed by atoms with Crippen LogP contribution in [0.3, 0.4) is 0 Å². The molecule has 0 aliphatic rings. The number of hydrogen-bond donors (Lipinski definition) is 4. The van der Waals surface area contributed by atoms with E-state index in [2.05, 4.69) is 15.6 Å². The Morgan fingerprint density at radius 2 is 1.29 bits per heavy atom. The van der Waals surface area contributed by atoms with Gasteiger partial charge in [0, 0.05) is 59.6 Å². The van der Waals surface area contributed by atoms with Gasteiger partial charge in [0.15, 0.2) is 11.5 Å². The molecule has 0 spiro atoms. The third kappa shape index (κ3) is 8.29. The third-order valence-electron chi connectivity index (χ3n) is 8.19.